The van der Waals surface area contributed by atoms with Crippen LogP contribution in [0.5, 0.6) is 5.75 Å². The van der Waals surface area contributed by atoms with Gasteiger partial charge in [0.05, 0.1) is 18.8 Å². The molecule has 11 nitrogen and oxygen atoms in total. The number of rotatable bonds is 13. The monoisotopic (exact) mass is 716 g/mol. The fraction of sp³-hybridized carbons (Fsp3) is 0.353. The molecule has 1 saturated heterocycles. The van der Waals surface area contributed by atoms with Gasteiger partial charge in [0.1, 0.15) is 42.0 Å². The Hall–Kier alpha value is -5.16. The number of hydrogen-bond donors (Lipinski definition) is 1. The zero-order chi connectivity index (χ0) is 36.3. The molecule has 3 aromatic carbocycles. The fourth-order valence-corrected chi connectivity index (χ4v) is 6.07. The van der Waals surface area contributed by atoms with Gasteiger partial charge in [-0.15, -0.1) is 0 Å². The van der Waals surface area contributed by atoms with Crippen molar-refractivity contribution in [1.82, 2.24) is 34.0 Å². The molecular formula is C34H34F6N8O3. The summed E-state index contributed by atoms with van der Waals surface area (Å²) in [6, 6.07) is 15.6. The van der Waals surface area contributed by atoms with Crippen molar-refractivity contribution in [1.29, 1.82) is 0 Å². The van der Waals surface area contributed by atoms with Crippen molar-refractivity contribution >= 4 is 5.69 Å². The minimum Gasteiger partial charge on any atom is -0.487 e. The van der Waals surface area contributed by atoms with Gasteiger partial charge in [-0.2, -0.15) is 19.0 Å². The van der Waals surface area contributed by atoms with Crippen LogP contribution < -0.4 is 15.3 Å². The molecule has 0 amide bonds. The minimum atomic E-state index is -4.27. The predicted octanol–water partition coefficient (Wildman–Crippen LogP) is 4.33. The molecule has 1 N–H and O–H groups in total. The number of aliphatic hydroxyl groups is 1. The first kappa shape index (κ1) is 35.7. The minimum absolute atomic E-state index is 0.0157. The van der Waals surface area contributed by atoms with Crippen molar-refractivity contribution in [2.24, 2.45) is 0 Å². The molecule has 3 heterocycles. The third-order valence-corrected chi connectivity index (χ3v) is 9.05. The average Bonchev–Trinajstić information content (AvgIpc) is 3.76. The van der Waals surface area contributed by atoms with E-state index in [2.05, 4.69) is 20.1 Å². The van der Waals surface area contributed by atoms with E-state index in [1.807, 2.05) is 17.0 Å². The van der Waals surface area contributed by atoms with Gasteiger partial charge in [0.25, 0.3) is 0 Å². The topological polar surface area (TPSA) is 106 Å². The lowest BCUT2D eigenvalue weighted by atomic mass is 9.85. The normalized spacial score (nSPS) is 16.0. The van der Waals surface area contributed by atoms with Crippen molar-refractivity contribution in [3.63, 3.8) is 0 Å². The lowest BCUT2D eigenvalue weighted by molar-refractivity contribution is -0.148. The quantitative estimate of drug-likeness (QED) is 0.180. The summed E-state index contributed by atoms with van der Waals surface area (Å²) in [6.07, 6.45) is 0.287. The Morgan fingerprint density at radius 3 is 2.22 bits per heavy atom. The van der Waals surface area contributed by atoms with Crippen molar-refractivity contribution in [3.05, 3.63) is 119 Å². The number of aromatic nitrogens is 6. The molecule has 270 valence electrons. The van der Waals surface area contributed by atoms with Gasteiger partial charge in [-0.25, -0.2) is 41.3 Å². The smallest absolute Gasteiger partial charge is 0.350 e. The molecule has 51 heavy (non-hydrogen) atoms. The number of halogens is 6. The van der Waals surface area contributed by atoms with Gasteiger partial charge in [0, 0.05) is 49.5 Å². The molecule has 0 spiro atoms. The first-order valence-corrected chi connectivity index (χ1v) is 16.0. The summed E-state index contributed by atoms with van der Waals surface area (Å²) >= 11 is 0. The number of benzene rings is 3. The Kier molecular flexibility index (Phi) is 10.2. The van der Waals surface area contributed by atoms with Gasteiger partial charge >= 0.3 is 18.0 Å². The van der Waals surface area contributed by atoms with Gasteiger partial charge < -0.3 is 14.7 Å². The second-order valence-corrected chi connectivity index (χ2v) is 12.3. The maximum atomic E-state index is 15.0. The van der Waals surface area contributed by atoms with Gasteiger partial charge in [-0.05, 0) is 55.0 Å². The zero-order valence-corrected chi connectivity index (χ0v) is 27.3. The maximum Gasteiger partial charge on any atom is 0.350 e. The molecule has 2 aromatic heterocycles. The summed E-state index contributed by atoms with van der Waals surface area (Å²) in [7, 11) is 0. The molecule has 0 saturated carbocycles. The summed E-state index contributed by atoms with van der Waals surface area (Å²) in [6.45, 7) is 2.57. The van der Waals surface area contributed by atoms with Crippen LogP contribution in [0.15, 0.2) is 90.5 Å². The van der Waals surface area contributed by atoms with E-state index >= 15 is 4.39 Å². The molecule has 5 aromatic rings. The van der Waals surface area contributed by atoms with Crippen molar-refractivity contribution in [2.75, 3.05) is 37.7 Å². The van der Waals surface area contributed by atoms with Crippen LogP contribution in [0.3, 0.4) is 0 Å². The van der Waals surface area contributed by atoms with Gasteiger partial charge in [-0.3, -0.25) is 4.90 Å². The van der Waals surface area contributed by atoms with E-state index in [4.69, 9.17) is 4.74 Å². The molecule has 2 atom stereocenters. The molecule has 0 aliphatic carbocycles. The highest BCUT2D eigenvalue weighted by Crippen LogP contribution is 2.34. The van der Waals surface area contributed by atoms with E-state index in [0.29, 0.717) is 37.4 Å². The van der Waals surface area contributed by atoms with Crippen LogP contribution in [0.1, 0.15) is 18.1 Å². The van der Waals surface area contributed by atoms with E-state index in [1.54, 1.807) is 19.1 Å². The lowest BCUT2D eigenvalue weighted by Gasteiger charge is -2.45. The van der Waals surface area contributed by atoms with Gasteiger partial charge in [0.15, 0.2) is 6.61 Å². The highest BCUT2D eigenvalue weighted by Gasteiger charge is 2.43. The standard InChI is InChI=1S/C34H34F6N8O3/c1-23(33(50,18-46-21-41-20-42-46)29-11-4-25(35)16-30(29)36)44-12-14-45(15-13-44)26-5-7-27(8-6-26)47-22-43-48(32(47)49)17-24-2-9-28(10-3-24)51-19-34(39,40)31(37)38/h2-11,16,20-23,31,50H,12-15,17-19H2,1H3/t23-,33-/m1/s1. The SMILES string of the molecule is C[C@@H](N1CCN(c2ccc(-n3cnn(Cc4ccc(OCC(F)(F)C(F)F)cc4)c3=O)cc2)CC1)[C@](O)(Cn1cncn1)c1ccc(F)cc1F. The summed E-state index contributed by atoms with van der Waals surface area (Å²) in [5.74, 6) is -5.88. The Morgan fingerprint density at radius 1 is 0.902 bits per heavy atom. The first-order chi connectivity index (χ1) is 24.3. The molecule has 1 fully saturated rings. The van der Waals surface area contributed by atoms with Crippen LogP contribution in [-0.4, -0.2) is 90.3 Å². The number of anilines is 1. The van der Waals surface area contributed by atoms with E-state index in [-0.39, 0.29) is 24.4 Å². The molecule has 0 radical (unpaired) electrons. The predicted molar refractivity (Wildman–Crippen MR) is 173 cm³/mol. The first-order valence-electron chi connectivity index (χ1n) is 16.0. The van der Waals surface area contributed by atoms with E-state index in [0.717, 1.165) is 17.8 Å². The highest BCUT2D eigenvalue weighted by molar-refractivity contribution is 5.51. The number of ether oxygens (including phenoxy) is 1. The number of nitrogens with zero attached hydrogens (tertiary/aromatic N) is 8. The third kappa shape index (κ3) is 7.78. The third-order valence-electron chi connectivity index (χ3n) is 9.05. The molecule has 0 bridgehead atoms. The number of hydrogen-bond acceptors (Lipinski definition) is 8. The number of alkyl halides is 4. The van der Waals surface area contributed by atoms with Crippen LogP contribution in [0.2, 0.25) is 0 Å². The Labute approximate surface area is 287 Å². The van der Waals surface area contributed by atoms with E-state index < -0.39 is 47.9 Å². The molecule has 6 rings (SSSR count). The van der Waals surface area contributed by atoms with Gasteiger partial charge in [-0.1, -0.05) is 18.2 Å². The van der Waals surface area contributed by atoms with E-state index in [1.165, 1.54) is 63.2 Å². The average molecular weight is 717 g/mol. The fourth-order valence-electron chi connectivity index (χ4n) is 6.07. The molecule has 0 unspecified atom stereocenters. The van der Waals surface area contributed by atoms with E-state index in [9.17, 15) is 31.9 Å². The van der Waals surface area contributed by atoms with Crippen molar-refractivity contribution < 1.29 is 36.2 Å². The summed E-state index contributed by atoms with van der Waals surface area (Å²) in [5.41, 5.74) is -0.111. The summed E-state index contributed by atoms with van der Waals surface area (Å²) in [5, 5.41) is 20.2. The van der Waals surface area contributed by atoms with Crippen molar-refractivity contribution in [3.8, 4) is 11.4 Å². The Morgan fingerprint density at radius 2 is 1.59 bits per heavy atom. The molecule has 1 aliphatic heterocycles. The summed E-state index contributed by atoms with van der Waals surface area (Å²) < 4.78 is 88.6. The second kappa shape index (κ2) is 14.6. The van der Waals surface area contributed by atoms with Gasteiger partial charge in [0.2, 0.25) is 0 Å². The molecule has 1 aliphatic rings. The largest absolute Gasteiger partial charge is 0.487 e. The van der Waals surface area contributed by atoms with Crippen LogP contribution in [-0.2, 0) is 18.7 Å². The second-order valence-electron chi connectivity index (χ2n) is 12.3. The highest BCUT2D eigenvalue weighted by atomic mass is 19.3. The van der Waals surface area contributed by atoms with Crippen LogP contribution in [0.4, 0.5) is 32.0 Å². The molecule has 17 heteroatoms. The van der Waals surface area contributed by atoms with Crippen LogP contribution >= 0.6 is 0 Å². The maximum absolute atomic E-state index is 15.0. The lowest BCUT2D eigenvalue weighted by Crippen LogP contribution is -2.57. The zero-order valence-electron chi connectivity index (χ0n) is 27.3. The molecular weight excluding hydrogens is 682 g/mol. The van der Waals surface area contributed by atoms with Crippen LogP contribution in [0.25, 0.3) is 5.69 Å². The summed E-state index contributed by atoms with van der Waals surface area (Å²) in [4.78, 5) is 21.2. The number of piperazine rings is 1. The Bertz CT molecular complexity index is 1960. The van der Waals surface area contributed by atoms with Crippen LogP contribution in [0, 0.1) is 11.6 Å². The Balaban J connectivity index is 1.08. The van der Waals surface area contributed by atoms with Crippen molar-refractivity contribution in [2.45, 2.75) is 44.0 Å².